The van der Waals surface area contributed by atoms with Crippen LogP contribution in [0.2, 0.25) is 0 Å². The highest BCUT2D eigenvalue weighted by atomic mass is 79.9. The van der Waals surface area contributed by atoms with Gasteiger partial charge in [-0.1, -0.05) is 21.1 Å². The lowest BCUT2D eigenvalue weighted by atomic mass is 10.3. The number of amides is 1. The number of aromatic nitrogens is 1. The van der Waals surface area contributed by atoms with Crippen LogP contribution in [0, 0.1) is 6.92 Å². The fourth-order valence-electron chi connectivity index (χ4n) is 0.810. The zero-order chi connectivity index (χ0) is 9.84. The number of nitrogens with one attached hydrogen (secondary N) is 1. The van der Waals surface area contributed by atoms with Gasteiger partial charge < -0.3 is 9.84 Å². The summed E-state index contributed by atoms with van der Waals surface area (Å²) in [6, 6.07) is 1.69. The molecule has 1 amide bonds. The van der Waals surface area contributed by atoms with Crippen LogP contribution in [0.5, 0.6) is 0 Å². The minimum atomic E-state index is -0.205. The second-order valence-corrected chi connectivity index (χ2v) is 3.50. The molecule has 5 heteroatoms. The van der Waals surface area contributed by atoms with E-state index < -0.39 is 0 Å². The number of carbonyl (C=O) groups is 1. The molecule has 0 radical (unpaired) electrons. The Balaban J connectivity index is 2.58. The van der Waals surface area contributed by atoms with Crippen molar-refractivity contribution in [1.82, 2.24) is 10.5 Å². The van der Waals surface area contributed by atoms with E-state index >= 15 is 0 Å². The second kappa shape index (κ2) is 4.41. The average Bonchev–Trinajstić information content (AvgIpc) is 2.51. The van der Waals surface area contributed by atoms with Gasteiger partial charge in [-0.3, -0.25) is 4.79 Å². The summed E-state index contributed by atoms with van der Waals surface area (Å²) in [5.74, 6) is 0.431. The van der Waals surface area contributed by atoms with Gasteiger partial charge in [0, 0.05) is 17.4 Å². The number of alkyl halides is 1. The van der Waals surface area contributed by atoms with Gasteiger partial charge in [-0.2, -0.15) is 0 Å². The first-order chi connectivity index (χ1) is 6.13. The number of hydrogen-bond acceptors (Lipinski definition) is 3. The Labute approximate surface area is 84.8 Å². The van der Waals surface area contributed by atoms with Gasteiger partial charge in [-0.15, -0.1) is 0 Å². The standard InChI is InChI=1S/C8H11BrN2O2/c1-5(4-9)10-8(12)7-3-6(2)13-11-7/h3,5H,4H2,1-2H3,(H,10,12). The molecule has 0 saturated carbocycles. The van der Waals surface area contributed by atoms with Crippen molar-refractivity contribution in [2.45, 2.75) is 19.9 Å². The van der Waals surface area contributed by atoms with Crippen LogP contribution in [0.25, 0.3) is 0 Å². The molecule has 0 fully saturated rings. The molecule has 1 rings (SSSR count). The van der Waals surface area contributed by atoms with E-state index in [0.717, 1.165) is 5.33 Å². The predicted octanol–water partition coefficient (Wildman–Crippen LogP) is 1.50. The number of carbonyl (C=O) groups excluding carboxylic acids is 1. The molecule has 1 heterocycles. The third-order valence-corrected chi connectivity index (χ3v) is 2.44. The van der Waals surface area contributed by atoms with Gasteiger partial charge in [0.1, 0.15) is 5.76 Å². The number of hydrogen-bond donors (Lipinski definition) is 1. The maximum Gasteiger partial charge on any atom is 0.273 e. The summed E-state index contributed by atoms with van der Waals surface area (Å²) in [6.07, 6.45) is 0. The summed E-state index contributed by atoms with van der Waals surface area (Å²) >= 11 is 3.26. The van der Waals surface area contributed by atoms with Gasteiger partial charge in [0.2, 0.25) is 0 Å². The molecule has 0 bridgehead atoms. The van der Waals surface area contributed by atoms with Crippen molar-refractivity contribution < 1.29 is 9.32 Å². The van der Waals surface area contributed by atoms with Crippen LogP contribution in [0.4, 0.5) is 0 Å². The lowest BCUT2D eigenvalue weighted by molar-refractivity contribution is 0.0935. The molecule has 0 aliphatic rings. The molecular weight excluding hydrogens is 236 g/mol. The molecule has 4 nitrogen and oxygen atoms in total. The van der Waals surface area contributed by atoms with Crippen LogP contribution in [-0.4, -0.2) is 22.4 Å². The summed E-state index contributed by atoms with van der Waals surface area (Å²) in [5, 5.41) is 7.07. The first kappa shape index (κ1) is 10.2. The number of halogens is 1. The minimum absolute atomic E-state index is 0.0875. The maximum absolute atomic E-state index is 11.4. The molecule has 0 spiro atoms. The van der Waals surface area contributed by atoms with Crippen LogP contribution >= 0.6 is 15.9 Å². The van der Waals surface area contributed by atoms with E-state index in [9.17, 15) is 4.79 Å². The van der Waals surface area contributed by atoms with Crippen molar-refractivity contribution in [3.05, 3.63) is 17.5 Å². The van der Waals surface area contributed by atoms with Crippen LogP contribution in [-0.2, 0) is 0 Å². The predicted molar refractivity (Wildman–Crippen MR) is 52.0 cm³/mol. The molecule has 13 heavy (non-hydrogen) atoms. The Kier molecular flexibility index (Phi) is 3.48. The largest absolute Gasteiger partial charge is 0.361 e. The normalized spacial score (nSPS) is 12.5. The fraction of sp³-hybridized carbons (Fsp3) is 0.500. The monoisotopic (exact) mass is 246 g/mol. The van der Waals surface area contributed by atoms with Crippen LogP contribution in [0.1, 0.15) is 23.2 Å². The zero-order valence-electron chi connectivity index (χ0n) is 7.50. The first-order valence-corrected chi connectivity index (χ1v) is 5.05. The van der Waals surface area contributed by atoms with Gasteiger partial charge >= 0.3 is 0 Å². The number of aryl methyl sites for hydroxylation is 1. The Morgan fingerprint density at radius 2 is 2.54 bits per heavy atom. The van der Waals surface area contributed by atoms with E-state index in [1.54, 1.807) is 13.0 Å². The molecule has 0 aliphatic carbocycles. The third kappa shape index (κ3) is 2.84. The maximum atomic E-state index is 11.4. The van der Waals surface area contributed by atoms with Crippen molar-refractivity contribution in [2.75, 3.05) is 5.33 Å². The van der Waals surface area contributed by atoms with Gasteiger partial charge in [-0.25, -0.2) is 0 Å². The van der Waals surface area contributed by atoms with Crippen molar-refractivity contribution in [2.24, 2.45) is 0 Å². The Morgan fingerprint density at radius 1 is 1.85 bits per heavy atom. The van der Waals surface area contributed by atoms with Crippen molar-refractivity contribution in [3.63, 3.8) is 0 Å². The van der Waals surface area contributed by atoms with E-state index in [1.807, 2.05) is 6.92 Å². The Bertz CT molecular complexity index is 298. The van der Waals surface area contributed by atoms with E-state index in [4.69, 9.17) is 4.52 Å². The highest BCUT2D eigenvalue weighted by Gasteiger charge is 2.12. The fourth-order valence-corrected chi connectivity index (χ4v) is 0.972. The summed E-state index contributed by atoms with van der Waals surface area (Å²) in [7, 11) is 0. The Hall–Kier alpha value is -0.840. The number of rotatable bonds is 3. The molecule has 1 aromatic heterocycles. The molecule has 1 aromatic rings. The minimum Gasteiger partial charge on any atom is -0.361 e. The zero-order valence-corrected chi connectivity index (χ0v) is 9.09. The molecule has 1 N–H and O–H groups in total. The topological polar surface area (TPSA) is 55.1 Å². The summed E-state index contributed by atoms with van der Waals surface area (Å²) in [5.41, 5.74) is 0.324. The molecular formula is C8H11BrN2O2. The molecule has 0 aliphatic heterocycles. The van der Waals surface area contributed by atoms with E-state index in [0.29, 0.717) is 11.5 Å². The van der Waals surface area contributed by atoms with E-state index in [1.165, 1.54) is 0 Å². The van der Waals surface area contributed by atoms with Crippen LogP contribution in [0.15, 0.2) is 10.6 Å². The third-order valence-electron chi connectivity index (χ3n) is 1.47. The van der Waals surface area contributed by atoms with E-state index in [2.05, 4.69) is 26.4 Å². The van der Waals surface area contributed by atoms with Crippen LogP contribution in [0.3, 0.4) is 0 Å². The van der Waals surface area contributed by atoms with Crippen molar-refractivity contribution in [1.29, 1.82) is 0 Å². The van der Waals surface area contributed by atoms with Gasteiger partial charge in [-0.05, 0) is 13.8 Å². The molecule has 0 aromatic carbocycles. The molecule has 0 saturated heterocycles. The number of nitrogens with zero attached hydrogens (tertiary/aromatic N) is 1. The van der Waals surface area contributed by atoms with Gasteiger partial charge in [0.15, 0.2) is 5.69 Å². The lowest BCUT2D eigenvalue weighted by Gasteiger charge is -2.07. The lowest BCUT2D eigenvalue weighted by Crippen LogP contribution is -2.33. The van der Waals surface area contributed by atoms with Gasteiger partial charge in [0.05, 0.1) is 0 Å². The van der Waals surface area contributed by atoms with E-state index in [-0.39, 0.29) is 11.9 Å². The highest BCUT2D eigenvalue weighted by molar-refractivity contribution is 9.09. The van der Waals surface area contributed by atoms with Crippen LogP contribution < -0.4 is 5.32 Å². The molecule has 1 atom stereocenters. The quantitative estimate of drug-likeness (QED) is 0.823. The van der Waals surface area contributed by atoms with Gasteiger partial charge in [0.25, 0.3) is 5.91 Å². The van der Waals surface area contributed by atoms with Crippen molar-refractivity contribution in [3.8, 4) is 0 Å². The summed E-state index contributed by atoms with van der Waals surface area (Å²) in [4.78, 5) is 11.4. The summed E-state index contributed by atoms with van der Waals surface area (Å²) in [6.45, 7) is 3.65. The second-order valence-electron chi connectivity index (χ2n) is 2.85. The first-order valence-electron chi connectivity index (χ1n) is 3.93. The highest BCUT2D eigenvalue weighted by Crippen LogP contribution is 2.01. The smallest absolute Gasteiger partial charge is 0.273 e. The molecule has 72 valence electrons. The van der Waals surface area contributed by atoms with Crippen molar-refractivity contribution >= 4 is 21.8 Å². The Morgan fingerprint density at radius 3 is 3.00 bits per heavy atom. The average molecular weight is 247 g/mol. The molecule has 1 unspecified atom stereocenters. The summed E-state index contributed by atoms with van der Waals surface area (Å²) < 4.78 is 4.78. The SMILES string of the molecule is Cc1cc(C(=O)NC(C)CBr)no1.